The summed E-state index contributed by atoms with van der Waals surface area (Å²) < 4.78 is 25.7. The average molecular weight is 298 g/mol. The van der Waals surface area contributed by atoms with Gasteiger partial charge in [-0.25, -0.2) is 18.7 Å². The van der Waals surface area contributed by atoms with Crippen LogP contribution in [-0.2, 0) is 0 Å². The number of aromatic nitrogens is 2. The minimum absolute atomic E-state index is 0.299. The number of rotatable bonds is 4. The van der Waals surface area contributed by atoms with Crippen molar-refractivity contribution in [3.63, 3.8) is 0 Å². The van der Waals surface area contributed by atoms with Crippen molar-refractivity contribution in [2.24, 2.45) is 0 Å². The largest absolute Gasteiger partial charge is 0.340 e. The molecule has 2 aromatic carbocycles. The molecule has 0 spiro atoms. The second-order valence-corrected chi connectivity index (χ2v) is 4.55. The van der Waals surface area contributed by atoms with Crippen LogP contribution < -0.4 is 10.6 Å². The summed E-state index contributed by atoms with van der Waals surface area (Å²) in [5, 5.41) is 6.10. The number of nitrogens with one attached hydrogen (secondary N) is 2. The van der Waals surface area contributed by atoms with Gasteiger partial charge in [-0.05, 0) is 48.5 Å². The molecule has 1 heterocycles. The number of benzene rings is 2. The Bertz CT molecular complexity index is 695. The van der Waals surface area contributed by atoms with Crippen molar-refractivity contribution in [1.82, 2.24) is 9.97 Å². The van der Waals surface area contributed by atoms with E-state index in [0.717, 1.165) is 0 Å². The zero-order valence-corrected chi connectivity index (χ0v) is 11.4. The Kier molecular flexibility index (Phi) is 3.91. The lowest BCUT2D eigenvalue weighted by Gasteiger charge is -2.08. The fraction of sp³-hybridized carbons (Fsp3) is 0. The summed E-state index contributed by atoms with van der Waals surface area (Å²) in [5.41, 5.74) is 1.43. The lowest BCUT2D eigenvalue weighted by molar-refractivity contribution is 0.627. The summed E-state index contributed by atoms with van der Waals surface area (Å²) in [7, 11) is 0. The molecule has 0 aliphatic carbocycles. The molecule has 6 heteroatoms. The van der Waals surface area contributed by atoms with Gasteiger partial charge in [-0.2, -0.15) is 0 Å². The maximum absolute atomic E-state index is 12.9. The van der Waals surface area contributed by atoms with Crippen molar-refractivity contribution < 1.29 is 8.78 Å². The van der Waals surface area contributed by atoms with E-state index in [2.05, 4.69) is 20.6 Å². The van der Waals surface area contributed by atoms with Crippen LogP contribution in [0.3, 0.4) is 0 Å². The Morgan fingerprint density at radius 1 is 0.636 bits per heavy atom. The van der Waals surface area contributed by atoms with E-state index in [4.69, 9.17) is 0 Å². The van der Waals surface area contributed by atoms with Crippen molar-refractivity contribution in [1.29, 1.82) is 0 Å². The Hall–Kier alpha value is -3.02. The molecule has 3 rings (SSSR count). The van der Waals surface area contributed by atoms with Crippen molar-refractivity contribution in [2.45, 2.75) is 0 Å². The Morgan fingerprint density at radius 2 is 1.05 bits per heavy atom. The van der Waals surface area contributed by atoms with E-state index in [1.54, 1.807) is 30.3 Å². The van der Waals surface area contributed by atoms with Gasteiger partial charge in [0.05, 0.1) is 0 Å². The first kappa shape index (κ1) is 13.9. The highest BCUT2D eigenvalue weighted by atomic mass is 19.1. The number of anilines is 4. The molecule has 2 N–H and O–H groups in total. The third kappa shape index (κ3) is 3.54. The van der Waals surface area contributed by atoms with Gasteiger partial charge in [0.2, 0.25) is 0 Å². The highest BCUT2D eigenvalue weighted by Crippen LogP contribution is 2.19. The molecule has 0 amide bonds. The third-order valence-corrected chi connectivity index (χ3v) is 2.90. The van der Waals surface area contributed by atoms with E-state index in [1.807, 2.05) is 0 Å². The van der Waals surface area contributed by atoms with Crippen molar-refractivity contribution >= 4 is 23.0 Å². The molecule has 1 aromatic heterocycles. The van der Waals surface area contributed by atoms with Gasteiger partial charge < -0.3 is 10.6 Å². The highest BCUT2D eigenvalue weighted by molar-refractivity contribution is 5.62. The third-order valence-electron chi connectivity index (χ3n) is 2.90. The molecular formula is C16H12F2N4. The van der Waals surface area contributed by atoms with Crippen LogP contribution in [0.2, 0.25) is 0 Å². The summed E-state index contributed by atoms with van der Waals surface area (Å²) in [5.74, 6) is 0.524. The molecule has 0 aliphatic heterocycles. The van der Waals surface area contributed by atoms with Crippen LogP contribution in [0.15, 0.2) is 60.9 Å². The standard InChI is InChI=1S/C16H12F2N4/c17-11-1-5-13(6-2-11)21-15-9-16(20-10-19-15)22-14-7-3-12(18)4-8-14/h1-10H,(H2,19,20,21,22). The van der Waals surface area contributed by atoms with Crippen LogP contribution in [0, 0.1) is 11.6 Å². The van der Waals surface area contributed by atoms with E-state index >= 15 is 0 Å². The molecule has 3 aromatic rings. The molecule has 0 radical (unpaired) electrons. The monoisotopic (exact) mass is 298 g/mol. The second-order valence-electron chi connectivity index (χ2n) is 4.55. The minimum Gasteiger partial charge on any atom is -0.340 e. The second kappa shape index (κ2) is 6.17. The molecule has 0 saturated carbocycles. The van der Waals surface area contributed by atoms with Crippen LogP contribution in [0.4, 0.5) is 31.8 Å². The summed E-state index contributed by atoms with van der Waals surface area (Å²) in [6.07, 6.45) is 1.40. The first-order valence-electron chi connectivity index (χ1n) is 6.56. The predicted molar refractivity (Wildman–Crippen MR) is 81.4 cm³/mol. The van der Waals surface area contributed by atoms with E-state index in [0.29, 0.717) is 23.0 Å². The van der Waals surface area contributed by atoms with E-state index in [-0.39, 0.29) is 11.6 Å². The van der Waals surface area contributed by atoms with E-state index < -0.39 is 0 Å². The Morgan fingerprint density at radius 3 is 1.45 bits per heavy atom. The van der Waals surface area contributed by atoms with Crippen LogP contribution in [0.1, 0.15) is 0 Å². The maximum Gasteiger partial charge on any atom is 0.135 e. The van der Waals surface area contributed by atoms with Gasteiger partial charge in [0, 0.05) is 17.4 Å². The van der Waals surface area contributed by atoms with Gasteiger partial charge in [0.1, 0.15) is 29.6 Å². The highest BCUT2D eigenvalue weighted by Gasteiger charge is 2.01. The van der Waals surface area contributed by atoms with Crippen LogP contribution in [-0.4, -0.2) is 9.97 Å². The van der Waals surface area contributed by atoms with Gasteiger partial charge in [0.15, 0.2) is 0 Å². The fourth-order valence-corrected chi connectivity index (χ4v) is 1.86. The predicted octanol–water partition coefficient (Wildman–Crippen LogP) is 4.24. The zero-order chi connectivity index (χ0) is 15.4. The Balaban J connectivity index is 1.74. The van der Waals surface area contributed by atoms with Gasteiger partial charge in [0.25, 0.3) is 0 Å². The number of hydrogen-bond acceptors (Lipinski definition) is 4. The van der Waals surface area contributed by atoms with Crippen LogP contribution in [0.5, 0.6) is 0 Å². The topological polar surface area (TPSA) is 49.8 Å². The molecule has 110 valence electrons. The van der Waals surface area contributed by atoms with Crippen LogP contribution >= 0.6 is 0 Å². The fourth-order valence-electron chi connectivity index (χ4n) is 1.86. The lowest BCUT2D eigenvalue weighted by atomic mass is 10.3. The molecule has 4 nitrogen and oxygen atoms in total. The first-order chi connectivity index (χ1) is 10.7. The molecular weight excluding hydrogens is 286 g/mol. The van der Waals surface area contributed by atoms with E-state index in [9.17, 15) is 8.78 Å². The first-order valence-corrected chi connectivity index (χ1v) is 6.56. The van der Waals surface area contributed by atoms with E-state index in [1.165, 1.54) is 30.6 Å². The van der Waals surface area contributed by atoms with Crippen molar-refractivity contribution in [3.05, 3.63) is 72.6 Å². The summed E-state index contributed by atoms with van der Waals surface area (Å²) in [6.45, 7) is 0. The number of nitrogens with zero attached hydrogens (tertiary/aromatic N) is 2. The van der Waals surface area contributed by atoms with Gasteiger partial charge in [-0.1, -0.05) is 0 Å². The zero-order valence-electron chi connectivity index (χ0n) is 11.4. The van der Waals surface area contributed by atoms with Crippen molar-refractivity contribution in [2.75, 3.05) is 10.6 Å². The molecule has 0 bridgehead atoms. The summed E-state index contributed by atoms with van der Waals surface area (Å²) in [4.78, 5) is 8.19. The van der Waals surface area contributed by atoms with Crippen LogP contribution in [0.25, 0.3) is 0 Å². The van der Waals surface area contributed by atoms with Gasteiger partial charge in [-0.3, -0.25) is 0 Å². The smallest absolute Gasteiger partial charge is 0.135 e. The summed E-state index contributed by atoms with van der Waals surface area (Å²) in [6, 6.07) is 13.6. The normalized spacial score (nSPS) is 10.3. The minimum atomic E-state index is -0.299. The number of hydrogen-bond donors (Lipinski definition) is 2. The molecule has 0 aliphatic rings. The number of halogens is 2. The molecule has 0 saturated heterocycles. The molecule has 22 heavy (non-hydrogen) atoms. The maximum atomic E-state index is 12.9. The summed E-state index contributed by atoms with van der Waals surface area (Å²) >= 11 is 0. The lowest BCUT2D eigenvalue weighted by Crippen LogP contribution is -1.98. The average Bonchev–Trinajstić information content (AvgIpc) is 2.52. The molecule has 0 fully saturated rings. The molecule has 0 atom stereocenters. The SMILES string of the molecule is Fc1ccc(Nc2cc(Nc3ccc(F)cc3)ncn2)cc1. The van der Waals surface area contributed by atoms with Crippen molar-refractivity contribution in [3.8, 4) is 0 Å². The Labute approximate surface area is 125 Å². The molecule has 0 unspecified atom stereocenters. The van der Waals surface area contributed by atoms with Gasteiger partial charge >= 0.3 is 0 Å². The quantitative estimate of drug-likeness (QED) is 0.756. The van der Waals surface area contributed by atoms with Gasteiger partial charge in [-0.15, -0.1) is 0 Å².